The lowest BCUT2D eigenvalue weighted by atomic mass is 9.98. The zero-order valence-electron chi connectivity index (χ0n) is 17.0. The second-order valence-corrected chi connectivity index (χ2v) is 9.79. The van der Waals surface area contributed by atoms with E-state index in [1.165, 1.54) is 4.31 Å². The first-order chi connectivity index (χ1) is 14.4. The Bertz CT molecular complexity index is 1150. The van der Waals surface area contributed by atoms with E-state index in [0.717, 1.165) is 16.3 Å². The first kappa shape index (κ1) is 20.6. The van der Waals surface area contributed by atoms with Gasteiger partial charge in [-0.15, -0.1) is 0 Å². The standard InChI is InChI=1S/C24H26N2O3S/c1-18(19-8-3-2-4-9-19)25-24(27)22-12-7-15-26(17-22)30(28,29)23-14-13-20-10-5-6-11-21(20)16-23/h2-6,8-11,13-14,16,18,22H,7,12,15,17H2,1H3,(H,25,27)/t18-,22-/m0/s1. The molecule has 1 saturated heterocycles. The minimum Gasteiger partial charge on any atom is -0.349 e. The van der Waals surface area contributed by atoms with Crippen molar-refractivity contribution >= 4 is 26.7 Å². The molecule has 0 bridgehead atoms. The Morgan fingerprint density at radius 2 is 1.70 bits per heavy atom. The molecule has 30 heavy (non-hydrogen) atoms. The average molecular weight is 423 g/mol. The normalized spacial score (nSPS) is 18.8. The van der Waals surface area contributed by atoms with Crippen molar-refractivity contribution in [3.05, 3.63) is 78.4 Å². The van der Waals surface area contributed by atoms with E-state index in [2.05, 4.69) is 5.32 Å². The van der Waals surface area contributed by atoms with Crippen LogP contribution in [0.5, 0.6) is 0 Å². The second kappa shape index (κ2) is 8.58. The zero-order valence-corrected chi connectivity index (χ0v) is 17.8. The number of hydrogen-bond donors (Lipinski definition) is 1. The molecule has 0 spiro atoms. The molecule has 156 valence electrons. The van der Waals surface area contributed by atoms with Crippen LogP contribution in [0.1, 0.15) is 31.4 Å². The van der Waals surface area contributed by atoms with Crippen molar-refractivity contribution in [2.45, 2.75) is 30.7 Å². The van der Waals surface area contributed by atoms with Gasteiger partial charge in [-0.25, -0.2) is 8.42 Å². The van der Waals surface area contributed by atoms with E-state index in [0.29, 0.717) is 19.4 Å². The summed E-state index contributed by atoms with van der Waals surface area (Å²) in [5.41, 5.74) is 1.03. The number of benzene rings is 3. The van der Waals surface area contributed by atoms with Crippen molar-refractivity contribution < 1.29 is 13.2 Å². The third-order valence-corrected chi connectivity index (χ3v) is 7.63. The van der Waals surface area contributed by atoms with Gasteiger partial charge in [-0.2, -0.15) is 4.31 Å². The average Bonchev–Trinajstić information content (AvgIpc) is 2.79. The Balaban J connectivity index is 1.49. The van der Waals surface area contributed by atoms with E-state index in [9.17, 15) is 13.2 Å². The van der Waals surface area contributed by atoms with Crippen LogP contribution in [0.25, 0.3) is 10.8 Å². The number of sulfonamides is 1. The van der Waals surface area contributed by atoms with Gasteiger partial charge in [-0.3, -0.25) is 4.79 Å². The molecule has 6 heteroatoms. The number of nitrogens with one attached hydrogen (secondary N) is 1. The fourth-order valence-electron chi connectivity index (χ4n) is 4.01. The van der Waals surface area contributed by atoms with Crippen LogP contribution >= 0.6 is 0 Å². The molecule has 0 aliphatic carbocycles. The summed E-state index contributed by atoms with van der Waals surface area (Å²) in [7, 11) is -3.65. The molecule has 1 N–H and O–H groups in total. The van der Waals surface area contributed by atoms with E-state index >= 15 is 0 Å². The highest BCUT2D eigenvalue weighted by Crippen LogP contribution is 2.27. The summed E-state index contributed by atoms with van der Waals surface area (Å²) in [6.07, 6.45) is 1.36. The summed E-state index contributed by atoms with van der Waals surface area (Å²) in [6.45, 7) is 2.59. The van der Waals surface area contributed by atoms with Crippen molar-refractivity contribution in [1.82, 2.24) is 9.62 Å². The van der Waals surface area contributed by atoms with E-state index in [1.807, 2.05) is 67.6 Å². The number of fused-ring (bicyclic) bond motifs is 1. The highest BCUT2D eigenvalue weighted by atomic mass is 32.2. The number of hydrogen-bond acceptors (Lipinski definition) is 3. The molecule has 1 amide bonds. The molecule has 2 atom stereocenters. The maximum absolute atomic E-state index is 13.2. The van der Waals surface area contributed by atoms with Crippen LogP contribution in [-0.4, -0.2) is 31.7 Å². The van der Waals surface area contributed by atoms with Gasteiger partial charge >= 0.3 is 0 Å². The van der Waals surface area contributed by atoms with Gasteiger partial charge in [0.05, 0.1) is 16.9 Å². The molecule has 3 aromatic carbocycles. The van der Waals surface area contributed by atoms with Gasteiger partial charge in [0, 0.05) is 13.1 Å². The third-order valence-electron chi connectivity index (χ3n) is 5.77. The molecule has 1 heterocycles. The summed E-state index contributed by atoms with van der Waals surface area (Å²) >= 11 is 0. The summed E-state index contributed by atoms with van der Waals surface area (Å²) in [5, 5.41) is 4.93. The first-order valence-electron chi connectivity index (χ1n) is 10.3. The molecule has 1 aliphatic heterocycles. The van der Waals surface area contributed by atoms with Crippen molar-refractivity contribution in [1.29, 1.82) is 0 Å². The molecule has 3 aromatic rings. The van der Waals surface area contributed by atoms with E-state index < -0.39 is 10.0 Å². The highest BCUT2D eigenvalue weighted by Gasteiger charge is 2.33. The lowest BCUT2D eigenvalue weighted by molar-refractivity contribution is -0.126. The molecule has 5 nitrogen and oxygen atoms in total. The Morgan fingerprint density at radius 1 is 1.00 bits per heavy atom. The van der Waals surface area contributed by atoms with Crippen molar-refractivity contribution in [3.8, 4) is 0 Å². The van der Waals surface area contributed by atoms with Gasteiger partial charge in [0.2, 0.25) is 15.9 Å². The molecule has 4 rings (SSSR count). The third kappa shape index (κ3) is 4.25. The lowest BCUT2D eigenvalue weighted by Crippen LogP contribution is -2.45. The van der Waals surface area contributed by atoms with Crippen LogP contribution in [0.2, 0.25) is 0 Å². The maximum Gasteiger partial charge on any atom is 0.243 e. The zero-order chi connectivity index (χ0) is 21.1. The lowest BCUT2D eigenvalue weighted by Gasteiger charge is -2.32. The van der Waals surface area contributed by atoms with Crippen LogP contribution in [0.15, 0.2) is 77.7 Å². The Labute approximate surface area is 177 Å². The topological polar surface area (TPSA) is 66.5 Å². The van der Waals surface area contributed by atoms with Crippen molar-refractivity contribution in [2.75, 3.05) is 13.1 Å². The summed E-state index contributed by atoms with van der Waals surface area (Å²) < 4.78 is 27.9. The Hall–Kier alpha value is -2.70. The van der Waals surface area contributed by atoms with Gasteiger partial charge in [-0.1, -0.05) is 60.7 Å². The van der Waals surface area contributed by atoms with Crippen LogP contribution in [-0.2, 0) is 14.8 Å². The Kier molecular flexibility index (Phi) is 5.88. The smallest absolute Gasteiger partial charge is 0.243 e. The molecule has 0 saturated carbocycles. The predicted molar refractivity (Wildman–Crippen MR) is 118 cm³/mol. The molecular formula is C24H26N2O3S. The predicted octanol–water partition coefficient (Wildman–Crippen LogP) is 4.12. The van der Waals surface area contributed by atoms with Crippen LogP contribution in [0, 0.1) is 5.92 Å². The van der Waals surface area contributed by atoms with E-state index in [1.54, 1.807) is 12.1 Å². The fourth-order valence-corrected chi connectivity index (χ4v) is 5.57. The number of carbonyl (C=O) groups is 1. The van der Waals surface area contributed by atoms with Gasteiger partial charge in [0.1, 0.15) is 0 Å². The fraction of sp³-hybridized carbons (Fsp3) is 0.292. The van der Waals surface area contributed by atoms with Crippen LogP contribution < -0.4 is 5.32 Å². The molecule has 0 aromatic heterocycles. The minimum absolute atomic E-state index is 0.0928. The monoisotopic (exact) mass is 422 g/mol. The maximum atomic E-state index is 13.2. The summed E-state index contributed by atoms with van der Waals surface area (Å²) in [4.78, 5) is 13.1. The van der Waals surface area contributed by atoms with Crippen LogP contribution in [0.4, 0.5) is 0 Å². The van der Waals surface area contributed by atoms with E-state index in [4.69, 9.17) is 0 Å². The number of amides is 1. The first-order valence-corrected chi connectivity index (χ1v) is 11.7. The Morgan fingerprint density at radius 3 is 2.47 bits per heavy atom. The number of carbonyl (C=O) groups excluding carboxylic acids is 1. The number of nitrogens with zero attached hydrogens (tertiary/aromatic N) is 1. The summed E-state index contributed by atoms with van der Waals surface area (Å²) in [6, 6.07) is 22.5. The molecule has 0 unspecified atom stereocenters. The second-order valence-electron chi connectivity index (χ2n) is 7.85. The largest absolute Gasteiger partial charge is 0.349 e. The number of rotatable bonds is 5. The quantitative estimate of drug-likeness (QED) is 0.673. The van der Waals surface area contributed by atoms with Gasteiger partial charge in [0.15, 0.2) is 0 Å². The molecule has 1 fully saturated rings. The molecule has 1 aliphatic rings. The molecule has 0 radical (unpaired) electrons. The SMILES string of the molecule is C[C@H](NC(=O)[C@H]1CCCN(S(=O)(=O)c2ccc3ccccc3c2)C1)c1ccccc1. The van der Waals surface area contributed by atoms with Crippen molar-refractivity contribution in [3.63, 3.8) is 0 Å². The minimum atomic E-state index is -3.65. The van der Waals surface area contributed by atoms with Gasteiger partial charge < -0.3 is 5.32 Å². The van der Waals surface area contributed by atoms with E-state index in [-0.39, 0.29) is 29.3 Å². The number of piperidine rings is 1. The highest BCUT2D eigenvalue weighted by molar-refractivity contribution is 7.89. The molecular weight excluding hydrogens is 396 g/mol. The summed E-state index contributed by atoms with van der Waals surface area (Å²) in [5.74, 6) is -0.440. The van der Waals surface area contributed by atoms with Crippen LogP contribution in [0.3, 0.4) is 0 Å². The van der Waals surface area contributed by atoms with Gasteiger partial charge in [-0.05, 0) is 48.2 Å². The van der Waals surface area contributed by atoms with Crippen molar-refractivity contribution in [2.24, 2.45) is 5.92 Å². The van der Waals surface area contributed by atoms with Gasteiger partial charge in [0.25, 0.3) is 0 Å².